The van der Waals surface area contributed by atoms with Gasteiger partial charge in [0, 0.05) is 11.8 Å². The maximum absolute atomic E-state index is 11.8. The first-order valence-corrected chi connectivity index (χ1v) is 7.64. The number of halogens is 1. The second kappa shape index (κ2) is 10.2. The Labute approximate surface area is 161 Å². The van der Waals surface area contributed by atoms with Crippen molar-refractivity contribution in [2.45, 2.75) is 6.92 Å². The molecule has 0 aliphatic rings. The second-order valence-corrected chi connectivity index (χ2v) is 5.35. The van der Waals surface area contributed by atoms with Crippen molar-refractivity contribution in [1.82, 2.24) is 26.4 Å². The van der Waals surface area contributed by atoms with Crippen LogP contribution >= 0.6 is 24.6 Å². The largest absolute Gasteiger partial charge is 0.497 e. The van der Waals surface area contributed by atoms with Crippen LogP contribution < -0.4 is 20.9 Å². The number of aryl methyl sites for hydroxylation is 1. The SMILES string of the molecule is COc1ccc(/C=C/C(=O)NC(=S)NNC(=O)c2cc(C)[nH]n2)cc1.Cl. The zero-order chi connectivity index (χ0) is 18.2. The number of H-pyrrole nitrogens is 1. The van der Waals surface area contributed by atoms with Gasteiger partial charge in [0.05, 0.1) is 7.11 Å². The van der Waals surface area contributed by atoms with Crippen molar-refractivity contribution in [3.8, 4) is 5.75 Å². The van der Waals surface area contributed by atoms with E-state index in [0.29, 0.717) is 0 Å². The van der Waals surface area contributed by atoms with E-state index in [4.69, 9.17) is 17.0 Å². The maximum Gasteiger partial charge on any atom is 0.290 e. The van der Waals surface area contributed by atoms with Crippen LogP contribution in [0.25, 0.3) is 6.08 Å². The van der Waals surface area contributed by atoms with E-state index in [-0.39, 0.29) is 23.2 Å². The van der Waals surface area contributed by atoms with Gasteiger partial charge in [-0.15, -0.1) is 12.4 Å². The van der Waals surface area contributed by atoms with E-state index in [9.17, 15) is 9.59 Å². The molecule has 0 aliphatic carbocycles. The minimum atomic E-state index is -0.477. The molecule has 0 radical (unpaired) electrons. The fourth-order valence-electron chi connectivity index (χ4n) is 1.78. The molecule has 0 unspecified atom stereocenters. The summed E-state index contributed by atoms with van der Waals surface area (Å²) in [6.07, 6.45) is 2.96. The first-order chi connectivity index (χ1) is 12.0. The standard InChI is InChI=1S/C16H17N5O3S.ClH/c1-10-9-13(19-18-10)15(23)20-21-16(25)17-14(22)8-5-11-3-6-12(24-2)7-4-11;/h3-9H,1-2H3,(H,18,19)(H,20,23)(H2,17,21,22,25);1H/b8-5+;. The van der Waals surface area contributed by atoms with Gasteiger partial charge in [-0.2, -0.15) is 5.10 Å². The molecule has 0 saturated carbocycles. The highest BCUT2D eigenvalue weighted by molar-refractivity contribution is 7.80. The van der Waals surface area contributed by atoms with Gasteiger partial charge < -0.3 is 4.74 Å². The van der Waals surface area contributed by atoms with Gasteiger partial charge >= 0.3 is 0 Å². The van der Waals surface area contributed by atoms with Crippen molar-refractivity contribution in [3.63, 3.8) is 0 Å². The molecule has 1 aromatic carbocycles. The number of amides is 2. The molecule has 0 spiro atoms. The molecule has 0 bridgehead atoms. The van der Waals surface area contributed by atoms with E-state index < -0.39 is 11.8 Å². The lowest BCUT2D eigenvalue weighted by Gasteiger charge is -2.08. The molecule has 2 aromatic rings. The van der Waals surface area contributed by atoms with Crippen LogP contribution in [0.3, 0.4) is 0 Å². The Morgan fingerprint density at radius 1 is 1.23 bits per heavy atom. The van der Waals surface area contributed by atoms with Gasteiger partial charge in [0.15, 0.2) is 10.8 Å². The summed E-state index contributed by atoms with van der Waals surface area (Å²) in [5, 5.41) is 8.83. The predicted molar refractivity (Wildman–Crippen MR) is 104 cm³/mol. The van der Waals surface area contributed by atoms with E-state index >= 15 is 0 Å². The molecular weight excluding hydrogens is 378 g/mol. The summed E-state index contributed by atoms with van der Waals surface area (Å²) in [6, 6.07) is 8.78. The van der Waals surface area contributed by atoms with Crippen molar-refractivity contribution in [3.05, 3.63) is 53.4 Å². The first kappa shape index (κ1) is 21.1. The number of nitrogens with one attached hydrogen (secondary N) is 4. The Kier molecular flexibility index (Phi) is 8.26. The Balaban J connectivity index is 0.00000338. The number of aromatic nitrogens is 2. The molecule has 0 aliphatic heterocycles. The van der Waals surface area contributed by atoms with E-state index in [0.717, 1.165) is 17.0 Å². The fraction of sp³-hybridized carbons (Fsp3) is 0.125. The smallest absolute Gasteiger partial charge is 0.290 e. The molecule has 4 N–H and O–H groups in total. The number of hydrogen-bond acceptors (Lipinski definition) is 5. The number of rotatable bonds is 4. The quantitative estimate of drug-likeness (QED) is 0.355. The van der Waals surface area contributed by atoms with E-state index in [1.807, 2.05) is 12.1 Å². The van der Waals surface area contributed by atoms with Gasteiger partial charge in [-0.05, 0) is 49.0 Å². The maximum atomic E-state index is 11.8. The van der Waals surface area contributed by atoms with Crippen molar-refractivity contribution >= 4 is 47.6 Å². The van der Waals surface area contributed by atoms with Gasteiger partial charge in [0.1, 0.15) is 5.75 Å². The van der Waals surface area contributed by atoms with Crippen molar-refractivity contribution in [2.75, 3.05) is 7.11 Å². The highest BCUT2D eigenvalue weighted by atomic mass is 35.5. The Morgan fingerprint density at radius 2 is 1.92 bits per heavy atom. The van der Waals surface area contributed by atoms with Gasteiger partial charge in [-0.1, -0.05) is 12.1 Å². The second-order valence-electron chi connectivity index (χ2n) is 4.94. The van der Waals surface area contributed by atoms with Crippen LogP contribution in [0, 0.1) is 6.92 Å². The van der Waals surface area contributed by atoms with Crippen LogP contribution in [0.5, 0.6) is 5.75 Å². The molecule has 26 heavy (non-hydrogen) atoms. The molecule has 0 saturated heterocycles. The molecule has 1 aromatic heterocycles. The number of carbonyl (C=O) groups excluding carboxylic acids is 2. The van der Waals surface area contributed by atoms with Crippen LogP contribution in [0.4, 0.5) is 0 Å². The Morgan fingerprint density at radius 3 is 2.50 bits per heavy atom. The van der Waals surface area contributed by atoms with E-state index in [1.165, 1.54) is 6.08 Å². The van der Waals surface area contributed by atoms with Gasteiger partial charge in [-0.3, -0.25) is 30.9 Å². The zero-order valence-electron chi connectivity index (χ0n) is 14.0. The summed E-state index contributed by atoms with van der Waals surface area (Å²) >= 11 is 4.93. The molecule has 1 heterocycles. The predicted octanol–water partition coefficient (Wildman–Crippen LogP) is 1.50. The number of carbonyl (C=O) groups is 2. The topological polar surface area (TPSA) is 108 Å². The fourth-order valence-corrected chi connectivity index (χ4v) is 1.94. The molecule has 2 amide bonds. The zero-order valence-corrected chi connectivity index (χ0v) is 15.7. The van der Waals surface area contributed by atoms with Crippen molar-refractivity contribution in [1.29, 1.82) is 0 Å². The molecule has 0 fully saturated rings. The monoisotopic (exact) mass is 395 g/mol. The molecule has 8 nitrogen and oxygen atoms in total. The molecule has 2 rings (SSSR count). The van der Waals surface area contributed by atoms with Crippen LogP contribution in [0.15, 0.2) is 36.4 Å². The summed E-state index contributed by atoms with van der Waals surface area (Å²) in [4.78, 5) is 23.5. The van der Waals surface area contributed by atoms with Gasteiger partial charge in [0.25, 0.3) is 5.91 Å². The van der Waals surface area contributed by atoms with Crippen LogP contribution in [0.2, 0.25) is 0 Å². The van der Waals surface area contributed by atoms with E-state index in [1.54, 1.807) is 38.3 Å². The third-order valence-electron chi connectivity index (χ3n) is 3.01. The van der Waals surface area contributed by atoms with Gasteiger partial charge in [0.2, 0.25) is 5.91 Å². The Hall–Kier alpha value is -2.91. The number of hydrazine groups is 1. The lowest BCUT2D eigenvalue weighted by atomic mass is 10.2. The Bertz CT molecular complexity index is 804. The van der Waals surface area contributed by atoms with Crippen LogP contribution in [0.1, 0.15) is 21.7 Å². The number of ether oxygens (including phenoxy) is 1. The van der Waals surface area contributed by atoms with Crippen LogP contribution in [-0.4, -0.2) is 34.2 Å². The third-order valence-corrected chi connectivity index (χ3v) is 3.21. The lowest BCUT2D eigenvalue weighted by molar-refractivity contribution is -0.115. The number of hydrogen-bond donors (Lipinski definition) is 4. The molecule has 138 valence electrons. The number of thiocarbonyl (C=S) groups is 1. The van der Waals surface area contributed by atoms with Crippen LogP contribution in [-0.2, 0) is 4.79 Å². The minimum Gasteiger partial charge on any atom is -0.497 e. The number of aromatic amines is 1. The highest BCUT2D eigenvalue weighted by Gasteiger charge is 2.09. The van der Waals surface area contributed by atoms with Crippen molar-refractivity contribution in [2.24, 2.45) is 0 Å². The molecular formula is C16H18ClN5O3S. The number of benzene rings is 1. The number of nitrogens with zero attached hydrogens (tertiary/aromatic N) is 1. The summed E-state index contributed by atoms with van der Waals surface area (Å²) in [7, 11) is 1.58. The lowest BCUT2D eigenvalue weighted by Crippen LogP contribution is -2.48. The minimum absolute atomic E-state index is 0. The summed E-state index contributed by atoms with van der Waals surface area (Å²) < 4.78 is 5.06. The summed E-state index contributed by atoms with van der Waals surface area (Å²) in [5.74, 6) is -0.178. The number of methoxy groups -OCH3 is 1. The third kappa shape index (κ3) is 6.54. The van der Waals surface area contributed by atoms with Gasteiger partial charge in [-0.25, -0.2) is 0 Å². The average Bonchev–Trinajstić information content (AvgIpc) is 3.05. The summed E-state index contributed by atoms with van der Waals surface area (Å²) in [5.41, 5.74) is 6.56. The molecule has 10 heteroatoms. The average molecular weight is 396 g/mol. The first-order valence-electron chi connectivity index (χ1n) is 7.23. The molecule has 0 atom stereocenters. The van der Waals surface area contributed by atoms with Crippen molar-refractivity contribution < 1.29 is 14.3 Å². The van der Waals surface area contributed by atoms with E-state index in [2.05, 4.69) is 26.4 Å². The summed E-state index contributed by atoms with van der Waals surface area (Å²) in [6.45, 7) is 1.78. The normalized spacial score (nSPS) is 9.92. The highest BCUT2D eigenvalue weighted by Crippen LogP contribution is 2.12.